The van der Waals surface area contributed by atoms with Crippen LogP contribution in [0, 0.1) is 6.92 Å². The van der Waals surface area contributed by atoms with E-state index in [0.29, 0.717) is 23.3 Å². The Kier molecular flexibility index (Phi) is 3.96. The van der Waals surface area contributed by atoms with E-state index in [2.05, 4.69) is 10.1 Å². The molecule has 0 bridgehead atoms. The number of halogens is 1. The van der Waals surface area contributed by atoms with Gasteiger partial charge in [0, 0.05) is 17.7 Å². The molecular weight excluding hydrogens is 254 g/mol. The highest BCUT2D eigenvalue weighted by Gasteiger charge is 2.16. The molecule has 2 N–H and O–H groups in total. The predicted octanol–water partition coefficient (Wildman–Crippen LogP) is 2.34. The number of nitrogens with two attached hydrogens (primary N) is 1. The first-order chi connectivity index (χ1) is 8.61. The smallest absolute Gasteiger partial charge is 0.258 e. The molecule has 0 aliphatic rings. The Hall–Kier alpha value is -1.43. The van der Waals surface area contributed by atoms with Crippen molar-refractivity contribution >= 4 is 11.6 Å². The Bertz CT molecular complexity index is 542. The van der Waals surface area contributed by atoms with Gasteiger partial charge in [-0.3, -0.25) is 0 Å². The van der Waals surface area contributed by atoms with Gasteiger partial charge in [0.25, 0.3) is 5.89 Å². The zero-order valence-electron chi connectivity index (χ0n) is 10.2. The van der Waals surface area contributed by atoms with Gasteiger partial charge in [-0.1, -0.05) is 22.8 Å². The lowest BCUT2D eigenvalue weighted by Gasteiger charge is -2.03. The van der Waals surface area contributed by atoms with Crippen molar-refractivity contribution in [3.05, 3.63) is 34.6 Å². The van der Waals surface area contributed by atoms with E-state index in [4.69, 9.17) is 26.6 Å². The fraction of sp³-hybridized carbons (Fsp3) is 0.333. The summed E-state index contributed by atoms with van der Waals surface area (Å²) in [7, 11) is 1.57. The van der Waals surface area contributed by atoms with E-state index in [1.807, 2.05) is 19.1 Å². The van der Waals surface area contributed by atoms with Crippen molar-refractivity contribution in [2.45, 2.75) is 13.0 Å². The van der Waals surface area contributed by atoms with E-state index < -0.39 is 6.04 Å². The van der Waals surface area contributed by atoms with E-state index in [-0.39, 0.29) is 0 Å². The third kappa shape index (κ3) is 2.69. The number of hydrogen-bond acceptors (Lipinski definition) is 5. The molecule has 0 spiro atoms. The van der Waals surface area contributed by atoms with Crippen molar-refractivity contribution < 1.29 is 9.26 Å². The average Bonchev–Trinajstić information content (AvgIpc) is 2.82. The summed E-state index contributed by atoms with van der Waals surface area (Å²) in [6.45, 7) is 2.29. The quantitative estimate of drug-likeness (QED) is 0.920. The van der Waals surface area contributed by atoms with Crippen LogP contribution in [0.15, 0.2) is 22.7 Å². The van der Waals surface area contributed by atoms with Gasteiger partial charge in [0.1, 0.15) is 0 Å². The normalized spacial score (nSPS) is 12.7. The van der Waals surface area contributed by atoms with Gasteiger partial charge >= 0.3 is 0 Å². The largest absolute Gasteiger partial charge is 0.383 e. The molecule has 6 heteroatoms. The molecule has 0 aliphatic carbocycles. The fourth-order valence-corrected chi connectivity index (χ4v) is 1.75. The Morgan fingerprint density at radius 2 is 2.28 bits per heavy atom. The molecule has 0 amide bonds. The second kappa shape index (κ2) is 5.48. The summed E-state index contributed by atoms with van der Waals surface area (Å²) >= 11 is 5.95. The van der Waals surface area contributed by atoms with Gasteiger partial charge in [0.2, 0.25) is 0 Å². The maximum atomic E-state index is 5.95. The van der Waals surface area contributed by atoms with E-state index in [1.54, 1.807) is 13.2 Å². The highest BCUT2D eigenvalue weighted by atomic mass is 35.5. The van der Waals surface area contributed by atoms with Gasteiger partial charge in [-0.15, -0.1) is 0 Å². The van der Waals surface area contributed by atoms with E-state index in [9.17, 15) is 0 Å². The Morgan fingerprint density at radius 1 is 1.50 bits per heavy atom. The van der Waals surface area contributed by atoms with Crippen LogP contribution in [0.4, 0.5) is 0 Å². The minimum atomic E-state index is -0.396. The third-order valence-electron chi connectivity index (χ3n) is 2.55. The van der Waals surface area contributed by atoms with Crippen molar-refractivity contribution in [2.24, 2.45) is 5.73 Å². The SMILES string of the molecule is COCC(N)c1noc(-c2cc(Cl)ccc2C)n1. The summed E-state index contributed by atoms with van der Waals surface area (Å²) in [6, 6.07) is 5.10. The summed E-state index contributed by atoms with van der Waals surface area (Å²) in [4.78, 5) is 4.26. The molecule has 0 fully saturated rings. The highest BCUT2D eigenvalue weighted by molar-refractivity contribution is 6.30. The Balaban J connectivity index is 2.32. The third-order valence-corrected chi connectivity index (χ3v) is 2.78. The van der Waals surface area contributed by atoms with Crippen LogP contribution < -0.4 is 5.73 Å². The molecule has 1 heterocycles. The van der Waals surface area contributed by atoms with Crippen molar-refractivity contribution in [3.63, 3.8) is 0 Å². The summed E-state index contributed by atoms with van der Waals surface area (Å²) in [5.41, 5.74) is 7.65. The highest BCUT2D eigenvalue weighted by Crippen LogP contribution is 2.25. The molecule has 1 unspecified atom stereocenters. The van der Waals surface area contributed by atoms with Crippen LogP contribution in [0.25, 0.3) is 11.5 Å². The minimum absolute atomic E-state index is 0.341. The molecule has 0 radical (unpaired) electrons. The molecule has 0 saturated heterocycles. The lowest BCUT2D eigenvalue weighted by Crippen LogP contribution is -2.17. The van der Waals surface area contributed by atoms with Crippen LogP contribution >= 0.6 is 11.6 Å². The molecule has 2 aromatic rings. The Labute approximate surface area is 110 Å². The number of methoxy groups -OCH3 is 1. The number of aromatic nitrogens is 2. The standard InChI is InChI=1S/C12H14ClN3O2/c1-7-3-4-8(13)5-9(7)12-15-11(16-18-12)10(14)6-17-2/h3-5,10H,6,14H2,1-2H3. The van der Waals surface area contributed by atoms with Gasteiger partial charge in [-0.05, 0) is 24.6 Å². The fourth-order valence-electron chi connectivity index (χ4n) is 1.57. The monoisotopic (exact) mass is 267 g/mol. The molecule has 1 aromatic heterocycles. The second-order valence-electron chi connectivity index (χ2n) is 3.98. The first-order valence-corrected chi connectivity index (χ1v) is 5.84. The van der Waals surface area contributed by atoms with Crippen LogP contribution in [0.2, 0.25) is 5.02 Å². The number of hydrogen-bond donors (Lipinski definition) is 1. The molecule has 0 saturated carbocycles. The van der Waals surface area contributed by atoms with Crippen molar-refractivity contribution in [3.8, 4) is 11.5 Å². The van der Waals surface area contributed by atoms with Gasteiger partial charge < -0.3 is 15.0 Å². The van der Waals surface area contributed by atoms with E-state index in [0.717, 1.165) is 11.1 Å². The first-order valence-electron chi connectivity index (χ1n) is 5.46. The van der Waals surface area contributed by atoms with Crippen molar-refractivity contribution in [1.29, 1.82) is 0 Å². The number of benzene rings is 1. The second-order valence-corrected chi connectivity index (χ2v) is 4.42. The molecular formula is C12H14ClN3O2. The van der Waals surface area contributed by atoms with Crippen LogP contribution in [0.3, 0.4) is 0 Å². The van der Waals surface area contributed by atoms with E-state index >= 15 is 0 Å². The molecule has 2 rings (SSSR count). The summed E-state index contributed by atoms with van der Waals surface area (Å²) in [6.07, 6.45) is 0. The minimum Gasteiger partial charge on any atom is -0.383 e. The number of nitrogens with zero attached hydrogens (tertiary/aromatic N) is 2. The predicted molar refractivity (Wildman–Crippen MR) is 68.3 cm³/mol. The van der Waals surface area contributed by atoms with Crippen molar-refractivity contribution in [1.82, 2.24) is 10.1 Å². The molecule has 5 nitrogen and oxygen atoms in total. The van der Waals surface area contributed by atoms with Gasteiger partial charge in [0.05, 0.1) is 12.6 Å². The Morgan fingerprint density at radius 3 is 3.00 bits per heavy atom. The zero-order chi connectivity index (χ0) is 13.1. The van der Waals surface area contributed by atoms with Crippen LogP contribution in [-0.2, 0) is 4.74 Å². The van der Waals surface area contributed by atoms with Crippen molar-refractivity contribution in [2.75, 3.05) is 13.7 Å². The molecule has 96 valence electrons. The van der Waals surface area contributed by atoms with Gasteiger partial charge in [-0.2, -0.15) is 4.98 Å². The lowest BCUT2D eigenvalue weighted by molar-refractivity contribution is 0.177. The molecule has 1 atom stereocenters. The summed E-state index contributed by atoms with van der Waals surface area (Å²) in [5.74, 6) is 0.836. The molecule has 1 aromatic carbocycles. The van der Waals surface area contributed by atoms with Crippen LogP contribution in [-0.4, -0.2) is 23.9 Å². The summed E-state index contributed by atoms with van der Waals surface area (Å²) < 4.78 is 10.1. The lowest BCUT2D eigenvalue weighted by atomic mass is 10.1. The number of aryl methyl sites for hydroxylation is 1. The molecule has 18 heavy (non-hydrogen) atoms. The van der Waals surface area contributed by atoms with E-state index in [1.165, 1.54) is 0 Å². The average molecular weight is 268 g/mol. The number of ether oxygens (including phenoxy) is 1. The number of rotatable bonds is 4. The maximum Gasteiger partial charge on any atom is 0.258 e. The maximum absolute atomic E-state index is 5.95. The molecule has 0 aliphatic heterocycles. The van der Waals surface area contributed by atoms with Crippen LogP contribution in [0.5, 0.6) is 0 Å². The van der Waals surface area contributed by atoms with Crippen LogP contribution in [0.1, 0.15) is 17.4 Å². The van der Waals surface area contributed by atoms with Gasteiger partial charge in [0.15, 0.2) is 5.82 Å². The topological polar surface area (TPSA) is 74.2 Å². The van der Waals surface area contributed by atoms with Gasteiger partial charge in [-0.25, -0.2) is 0 Å². The zero-order valence-corrected chi connectivity index (χ0v) is 10.9. The first kappa shape index (κ1) is 13.0. The summed E-state index contributed by atoms with van der Waals surface area (Å²) in [5, 5.41) is 4.47.